The largest absolute Gasteiger partial charge is 0.502 e. The van der Waals surface area contributed by atoms with Crippen LogP contribution in [0.15, 0.2) is 64.6 Å². The van der Waals surface area contributed by atoms with Crippen LogP contribution >= 0.6 is 0 Å². The molecule has 201 valence electrons. The second-order valence-electron chi connectivity index (χ2n) is 6.70. The average molecular weight is 625 g/mol. The molecule has 3 aromatic heterocycles. The number of hydrogen-bond acceptors (Lipinski definition) is 12. The second kappa shape index (κ2) is 19.2. The molecule has 3 radical (unpaired) electrons. The zero-order chi connectivity index (χ0) is 26.9. The Morgan fingerprint density at radius 3 is 1.00 bits per heavy atom. The fraction of sp³-hybridized carbons (Fsp3) is 0.375. The first-order valence-corrected chi connectivity index (χ1v) is 10.9. The van der Waals surface area contributed by atoms with Crippen LogP contribution in [-0.4, -0.2) is 61.0 Å². The van der Waals surface area contributed by atoms with Crippen molar-refractivity contribution in [1.82, 2.24) is 0 Å². The van der Waals surface area contributed by atoms with Crippen molar-refractivity contribution < 1.29 is 42.8 Å². The molecule has 0 bridgehead atoms. The van der Waals surface area contributed by atoms with E-state index in [0.717, 1.165) is 18.8 Å². The molecule has 37 heavy (non-hydrogen) atoms. The summed E-state index contributed by atoms with van der Waals surface area (Å²) in [5, 5.41) is 26.5. The van der Waals surface area contributed by atoms with Crippen molar-refractivity contribution in [3.63, 3.8) is 0 Å². The molecule has 0 unspecified atom stereocenters. The SMILES string of the molecule is CCOCc1cc(=O)c(O)co1.CCOCc1cc(=O)c(O)co1.CCOCc1cc(=O)c(O)co1.[In]. The van der Waals surface area contributed by atoms with Crippen molar-refractivity contribution in [2.75, 3.05) is 19.8 Å². The fourth-order valence-electron chi connectivity index (χ4n) is 2.17. The zero-order valence-electron chi connectivity index (χ0n) is 20.8. The Morgan fingerprint density at radius 2 is 0.811 bits per heavy atom. The van der Waals surface area contributed by atoms with Crippen LogP contribution in [0.1, 0.15) is 38.1 Å². The van der Waals surface area contributed by atoms with Gasteiger partial charge in [0.1, 0.15) is 55.9 Å². The maximum atomic E-state index is 10.8. The number of aromatic hydroxyl groups is 3. The van der Waals surface area contributed by atoms with Crippen molar-refractivity contribution in [1.29, 1.82) is 0 Å². The Balaban J connectivity index is 0.000000518. The predicted octanol–water partition coefficient (Wildman–Crippen LogP) is 2.26. The number of rotatable bonds is 9. The normalized spacial score (nSPS) is 9.81. The summed E-state index contributed by atoms with van der Waals surface area (Å²) < 4.78 is 29.6. The molecule has 0 aliphatic heterocycles. The molecular formula is C24H30InO12. The first-order chi connectivity index (χ1) is 17.2. The van der Waals surface area contributed by atoms with Crippen LogP contribution in [0.3, 0.4) is 0 Å². The van der Waals surface area contributed by atoms with E-state index < -0.39 is 16.3 Å². The van der Waals surface area contributed by atoms with E-state index in [-0.39, 0.29) is 62.9 Å². The van der Waals surface area contributed by atoms with E-state index >= 15 is 0 Å². The molecular weight excluding hydrogens is 595 g/mol. The molecule has 0 aliphatic rings. The minimum Gasteiger partial charge on any atom is -0.502 e. The maximum Gasteiger partial charge on any atom is 0.226 e. The van der Waals surface area contributed by atoms with Crippen molar-refractivity contribution in [3.8, 4) is 17.2 Å². The molecule has 0 aromatic carbocycles. The third-order valence-electron chi connectivity index (χ3n) is 3.94. The van der Waals surface area contributed by atoms with Gasteiger partial charge in [-0.15, -0.1) is 0 Å². The summed E-state index contributed by atoms with van der Waals surface area (Å²) in [7, 11) is 0. The molecule has 12 nitrogen and oxygen atoms in total. The van der Waals surface area contributed by atoms with Gasteiger partial charge in [-0.05, 0) is 20.8 Å². The van der Waals surface area contributed by atoms with Crippen molar-refractivity contribution in [2.24, 2.45) is 0 Å². The van der Waals surface area contributed by atoms with Crippen LogP contribution in [0.5, 0.6) is 17.2 Å². The first kappa shape index (κ1) is 34.0. The second-order valence-corrected chi connectivity index (χ2v) is 6.70. The molecule has 3 N–H and O–H groups in total. The summed E-state index contributed by atoms with van der Waals surface area (Å²) in [5.41, 5.74) is -1.34. The molecule has 3 aromatic rings. The Bertz CT molecular complexity index is 1060. The van der Waals surface area contributed by atoms with E-state index in [1.165, 1.54) is 18.2 Å². The molecule has 3 rings (SSSR count). The quantitative estimate of drug-likeness (QED) is 0.316. The van der Waals surface area contributed by atoms with Crippen LogP contribution in [0.25, 0.3) is 0 Å². The minimum absolute atomic E-state index is 0. The minimum atomic E-state index is -0.448. The molecule has 0 saturated carbocycles. The molecule has 3 heterocycles. The number of ether oxygens (including phenoxy) is 3. The zero-order valence-corrected chi connectivity index (χ0v) is 24.1. The average Bonchev–Trinajstić information content (AvgIpc) is 2.87. The van der Waals surface area contributed by atoms with Crippen LogP contribution in [0, 0.1) is 0 Å². The van der Waals surface area contributed by atoms with Crippen LogP contribution < -0.4 is 16.3 Å². The topological polar surface area (TPSA) is 179 Å². The van der Waals surface area contributed by atoms with Gasteiger partial charge in [0.15, 0.2) is 17.2 Å². The van der Waals surface area contributed by atoms with Crippen molar-refractivity contribution >= 4 is 25.8 Å². The summed E-state index contributed by atoms with van der Waals surface area (Å²) in [5.74, 6) is 0.111. The smallest absolute Gasteiger partial charge is 0.226 e. The van der Waals surface area contributed by atoms with Gasteiger partial charge in [0, 0.05) is 63.9 Å². The van der Waals surface area contributed by atoms with Crippen LogP contribution in [0.4, 0.5) is 0 Å². The van der Waals surface area contributed by atoms with E-state index in [4.69, 9.17) is 42.8 Å². The Morgan fingerprint density at radius 1 is 0.568 bits per heavy atom. The van der Waals surface area contributed by atoms with E-state index in [1.807, 2.05) is 20.8 Å². The van der Waals surface area contributed by atoms with E-state index in [0.29, 0.717) is 37.1 Å². The molecule has 0 aliphatic carbocycles. The maximum absolute atomic E-state index is 10.8. The Hall–Kier alpha value is -3.00. The summed E-state index contributed by atoms with van der Waals surface area (Å²) in [4.78, 5) is 32.5. The van der Waals surface area contributed by atoms with Gasteiger partial charge < -0.3 is 42.8 Å². The van der Waals surface area contributed by atoms with Gasteiger partial charge in [0.25, 0.3) is 0 Å². The monoisotopic (exact) mass is 625 g/mol. The van der Waals surface area contributed by atoms with Gasteiger partial charge in [-0.2, -0.15) is 0 Å². The van der Waals surface area contributed by atoms with E-state index in [2.05, 4.69) is 0 Å². The molecule has 0 saturated heterocycles. The third-order valence-corrected chi connectivity index (χ3v) is 3.94. The van der Waals surface area contributed by atoms with E-state index in [1.54, 1.807) is 0 Å². The number of hydrogen-bond donors (Lipinski definition) is 3. The van der Waals surface area contributed by atoms with Crippen molar-refractivity contribution in [3.05, 3.63) is 84.9 Å². The van der Waals surface area contributed by atoms with Gasteiger partial charge >= 0.3 is 0 Å². The summed E-state index contributed by atoms with van der Waals surface area (Å²) in [6.45, 7) is 7.99. The summed E-state index contributed by atoms with van der Waals surface area (Å²) >= 11 is 0. The summed E-state index contributed by atoms with van der Waals surface area (Å²) in [6, 6.07) is 3.64. The van der Waals surface area contributed by atoms with Gasteiger partial charge in [0.05, 0.1) is 0 Å². The van der Waals surface area contributed by atoms with Gasteiger partial charge in [0.2, 0.25) is 16.3 Å². The molecule has 0 fully saturated rings. The predicted molar refractivity (Wildman–Crippen MR) is 132 cm³/mol. The van der Waals surface area contributed by atoms with E-state index in [9.17, 15) is 14.4 Å². The van der Waals surface area contributed by atoms with Crippen LogP contribution in [0.2, 0.25) is 0 Å². The Labute approximate surface area is 230 Å². The molecule has 0 spiro atoms. The summed E-state index contributed by atoms with van der Waals surface area (Å²) in [6.07, 6.45) is 3.03. The standard InChI is InChI=1S/3C8H10O4.In/c3*1-2-11-4-6-3-7(9)8(10)5-12-6;/h3*3,5,10H,2,4H2,1H3;. The molecule has 0 amide bonds. The molecule has 0 atom stereocenters. The Kier molecular flexibility index (Phi) is 17.6. The first-order valence-electron chi connectivity index (χ1n) is 10.9. The van der Waals surface area contributed by atoms with Gasteiger partial charge in [-0.25, -0.2) is 0 Å². The third kappa shape index (κ3) is 13.8. The van der Waals surface area contributed by atoms with Gasteiger partial charge in [-0.1, -0.05) is 0 Å². The van der Waals surface area contributed by atoms with Crippen LogP contribution in [-0.2, 0) is 34.0 Å². The van der Waals surface area contributed by atoms with Gasteiger partial charge in [-0.3, -0.25) is 14.4 Å². The van der Waals surface area contributed by atoms with Crippen molar-refractivity contribution in [2.45, 2.75) is 40.6 Å². The molecule has 13 heteroatoms. The fourth-order valence-corrected chi connectivity index (χ4v) is 2.17.